The molecule has 98 valence electrons. The maximum Gasteiger partial charge on any atom is 0.259 e. The summed E-state index contributed by atoms with van der Waals surface area (Å²) in [7, 11) is 0. The first-order valence-electron chi connectivity index (χ1n) is 5.53. The minimum absolute atomic E-state index is 0.0558. The highest BCUT2D eigenvalue weighted by Crippen LogP contribution is 2.27. The molecule has 0 amide bonds. The zero-order valence-corrected chi connectivity index (χ0v) is 12.7. The Kier molecular flexibility index (Phi) is 3.38. The van der Waals surface area contributed by atoms with E-state index in [0.29, 0.717) is 17.0 Å². The van der Waals surface area contributed by atoms with Crippen LogP contribution >= 0.6 is 34.4 Å². The smallest absolute Gasteiger partial charge is 0.259 e. The van der Waals surface area contributed by atoms with Crippen molar-refractivity contribution < 1.29 is 0 Å². The van der Waals surface area contributed by atoms with Gasteiger partial charge in [-0.3, -0.25) is 4.79 Å². The number of aryl methyl sites for hydroxylation is 2. The average Bonchev–Trinajstić information content (AvgIpc) is 2.96. The van der Waals surface area contributed by atoms with Crippen LogP contribution in [0.1, 0.15) is 16.3 Å². The van der Waals surface area contributed by atoms with Crippen LogP contribution in [0.25, 0.3) is 10.2 Å². The fraction of sp³-hybridized carbons (Fsp3) is 0.273. The average molecular weight is 310 g/mol. The number of thiophene rings is 1. The summed E-state index contributed by atoms with van der Waals surface area (Å²) in [5.74, 6) is 1.27. The third-order valence-electron chi connectivity index (χ3n) is 2.76. The van der Waals surface area contributed by atoms with E-state index in [-0.39, 0.29) is 5.56 Å². The van der Waals surface area contributed by atoms with Crippen LogP contribution in [-0.2, 0) is 5.75 Å². The SMILES string of the molecule is Cc1sc2nc(CSc3nncs3)[nH]c(=O)c2c1C. The van der Waals surface area contributed by atoms with Gasteiger partial charge in [0.1, 0.15) is 16.2 Å². The lowest BCUT2D eigenvalue weighted by Crippen LogP contribution is -2.10. The summed E-state index contributed by atoms with van der Waals surface area (Å²) in [5.41, 5.74) is 2.66. The molecular formula is C11H10N4OS3. The Hall–Kier alpha value is -1.25. The minimum atomic E-state index is -0.0558. The Labute approximate surface area is 121 Å². The summed E-state index contributed by atoms with van der Waals surface area (Å²) in [5, 5.41) is 8.44. The lowest BCUT2D eigenvalue weighted by Gasteiger charge is -1.98. The quantitative estimate of drug-likeness (QED) is 0.753. The molecule has 3 aromatic rings. The molecule has 0 aliphatic heterocycles. The summed E-state index contributed by atoms with van der Waals surface area (Å²) in [4.78, 5) is 21.4. The van der Waals surface area contributed by atoms with E-state index in [1.54, 1.807) is 16.8 Å². The van der Waals surface area contributed by atoms with E-state index in [1.807, 2.05) is 13.8 Å². The van der Waals surface area contributed by atoms with E-state index in [1.165, 1.54) is 23.1 Å². The zero-order valence-electron chi connectivity index (χ0n) is 10.3. The number of hydrogen-bond acceptors (Lipinski definition) is 7. The first kappa shape index (κ1) is 12.8. The molecule has 0 unspecified atom stereocenters. The molecule has 0 aliphatic carbocycles. The molecule has 3 rings (SSSR count). The maximum atomic E-state index is 12.1. The lowest BCUT2D eigenvalue weighted by molar-refractivity contribution is 1.00. The normalized spacial score (nSPS) is 11.3. The van der Waals surface area contributed by atoms with Gasteiger partial charge >= 0.3 is 0 Å². The molecule has 0 aliphatic rings. The number of hydrogen-bond donors (Lipinski definition) is 1. The summed E-state index contributed by atoms with van der Waals surface area (Å²) >= 11 is 4.57. The van der Waals surface area contributed by atoms with Crippen molar-refractivity contribution in [1.82, 2.24) is 20.2 Å². The predicted molar refractivity (Wildman–Crippen MR) is 79.2 cm³/mol. The van der Waals surface area contributed by atoms with Crippen LogP contribution in [-0.4, -0.2) is 20.2 Å². The predicted octanol–water partition coefficient (Wildman–Crippen LogP) is 2.75. The molecule has 0 fully saturated rings. The van der Waals surface area contributed by atoms with Crippen LogP contribution in [0.5, 0.6) is 0 Å². The van der Waals surface area contributed by atoms with Crippen LogP contribution in [0.4, 0.5) is 0 Å². The molecule has 1 N–H and O–H groups in total. The van der Waals surface area contributed by atoms with Gasteiger partial charge in [0.2, 0.25) is 0 Å². The van der Waals surface area contributed by atoms with E-state index >= 15 is 0 Å². The van der Waals surface area contributed by atoms with Gasteiger partial charge in [-0.1, -0.05) is 23.1 Å². The summed E-state index contributed by atoms with van der Waals surface area (Å²) in [6.45, 7) is 3.97. The van der Waals surface area contributed by atoms with Gasteiger partial charge in [0, 0.05) is 4.88 Å². The summed E-state index contributed by atoms with van der Waals surface area (Å²) in [6.07, 6.45) is 0. The van der Waals surface area contributed by atoms with Gasteiger partial charge in [0.05, 0.1) is 11.1 Å². The Balaban J connectivity index is 1.95. The molecule has 0 saturated heterocycles. The number of nitrogens with zero attached hydrogens (tertiary/aromatic N) is 3. The van der Waals surface area contributed by atoms with Gasteiger partial charge in [-0.05, 0) is 19.4 Å². The van der Waals surface area contributed by atoms with Crippen molar-refractivity contribution in [2.45, 2.75) is 23.9 Å². The van der Waals surface area contributed by atoms with Crippen molar-refractivity contribution in [3.8, 4) is 0 Å². The number of nitrogens with one attached hydrogen (secondary N) is 1. The molecule has 0 saturated carbocycles. The highest BCUT2D eigenvalue weighted by molar-refractivity contribution is 8.00. The Morgan fingerprint density at radius 1 is 1.42 bits per heavy atom. The van der Waals surface area contributed by atoms with Gasteiger partial charge in [0.25, 0.3) is 5.56 Å². The van der Waals surface area contributed by atoms with Crippen molar-refractivity contribution in [3.63, 3.8) is 0 Å². The number of H-pyrrole nitrogens is 1. The number of aromatic nitrogens is 4. The topological polar surface area (TPSA) is 71.5 Å². The Bertz CT molecular complexity index is 775. The molecule has 0 radical (unpaired) electrons. The van der Waals surface area contributed by atoms with Gasteiger partial charge in [-0.2, -0.15) is 0 Å². The van der Waals surface area contributed by atoms with Crippen molar-refractivity contribution in [3.05, 3.63) is 32.1 Å². The molecule has 0 atom stereocenters. The highest BCUT2D eigenvalue weighted by Gasteiger charge is 2.12. The second-order valence-corrected chi connectivity index (χ2v) is 7.23. The molecule has 0 aromatic carbocycles. The molecule has 19 heavy (non-hydrogen) atoms. The zero-order chi connectivity index (χ0) is 13.4. The van der Waals surface area contributed by atoms with Gasteiger partial charge in [-0.15, -0.1) is 21.5 Å². The van der Waals surface area contributed by atoms with Crippen LogP contribution in [0, 0.1) is 13.8 Å². The van der Waals surface area contributed by atoms with E-state index in [9.17, 15) is 4.79 Å². The lowest BCUT2D eigenvalue weighted by atomic mass is 10.2. The molecular weight excluding hydrogens is 300 g/mol. The monoisotopic (exact) mass is 310 g/mol. The summed E-state index contributed by atoms with van der Waals surface area (Å²) < 4.78 is 0.876. The number of fused-ring (bicyclic) bond motifs is 1. The molecule has 5 nitrogen and oxygen atoms in total. The largest absolute Gasteiger partial charge is 0.309 e. The van der Waals surface area contributed by atoms with Crippen molar-refractivity contribution in [1.29, 1.82) is 0 Å². The van der Waals surface area contributed by atoms with E-state index in [0.717, 1.165) is 19.6 Å². The second kappa shape index (κ2) is 5.03. The molecule has 3 heterocycles. The Morgan fingerprint density at radius 2 is 2.26 bits per heavy atom. The van der Waals surface area contributed by atoms with Crippen molar-refractivity contribution in [2.24, 2.45) is 0 Å². The van der Waals surface area contributed by atoms with E-state index < -0.39 is 0 Å². The van der Waals surface area contributed by atoms with Crippen LogP contribution in [0.15, 0.2) is 14.6 Å². The summed E-state index contributed by atoms with van der Waals surface area (Å²) in [6, 6.07) is 0. The Morgan fingerprint density at radius 3 is 3.00 bits per heavy atom. The maximum absolute atomic E-state index is 12.1. The van der Waals surface area contributed by atoms with Gasteiger partial charge in [-0.25, -0.2) is 4.98 Å². The van der Waals surface area contributed by atoms with Crippen molar-refractivity contribution in [2.75, 3.05) is 0 Å². The second-order valence-electron chi connectivity index (χ2n) is 3.97. The van der Waals surface area contributed by atoms with E-state index in [4.69, 9.17) is 0 Å². The fourth-order valence-electron chi connectivity index (χ4n) is 1.72. The van der Waals surface area contributed by atoms with E-state index in [2.05, 4.69) is 20.2 Å². The molecule has 0 bridgehead atoms. The van der Waals surface area contributed by atoms with Crippen LogP contribution in [0.3, 0.4) is 0 Å². The molecule has 3 aromatic heterocycles. The molecule has 8 heteroatoms. The molecule has 0 spiro atoms. The standard InChI is InChI=1S/C11H10N4OS3/c1-5-6(2)19-10-8(5)9(16)13-7(14-10)3-17-11-15-12-4-18-11/h4H,3H2,1-2H3,(H,13,14,16). The number of aromatic amines is 1. The third kappa shape index (κ3) is 2.43. The third-order valence-corrected chi connectivity index (χ3v) is 5.73. The number of thioether (sulfide) groups is 1. The fourth-order valence-corrected chi connectivity index (χ4v) is 4.13. The number of rotatable bonds is 3. The highest BCUT2D eigenvalue weighted by atomic mass is 32.2. The van der Waals surface area contributed by atoms with Crippen LogP contribution in [0.2, 0.25) is 0 Å². The minimum Gasteiger partial charge on any atom is -0.309 e. The van der Waals surface area contributed by atoms with Crippen molar-refractivity contribution >= 4 is 44.7 Å². The first-order valence-corrected chi connectivity index (χ1v) is 8.21. The van der Waals surface area contributed by atoms with Crippen LogP contribution < -0.4 is 5.56 Å². The van der Waals surface area contributed by atoms with Gasteiger partial charge in [0.15, 0.2) is 4.34 Å². The first-order chi connectivity index (χ1) is 9.15. The van der Waals surface area contributed by atoms with Gasteiger partial charge < -0.3 is 4.98 Å².